The van der Waals surface area contributed by atoms with Gasteiger partial charge in [0.25, 0.3) is 0 Å². The molecule has 0 amide bonds. The summed E-state index contributed by atoms with van der Waals surface area (Å²) in [5.41, 5.74) is 0. The monoisotopic (exact) mass is 282 g/mol. The van der Waals surface area contributed by atoms with E-state index in [1.165, 1.54) is 0 Å². The molecular formula is C16H30O2Si. The third-order valence-corrected chi connectivity index (χ3v) is 9.12. The van der Waals surface area contributed by atoms with Crippen LogP contribution >= 0.6 is 0 Å². The Morgan fingerprint density at radius 3 is 2.42 bits per heavy atom. The summed E-state index contributed by atoms with van der Waals surface area (Å²) in [4.78, 5) is 11.9. The van der Waals surface area contributed by atoms with Crippen molar-refractivity contribution in [2.75, 3.05) is 0 Å². The molecule has 0 aromatic heterocycles. The number of hydrogen-bond acceptors (Lipinski definition) is 2. The molecule has 0 unspecified atom stereocenters. The van der Waals surface area contributed by atoms with Crippen molar-refractivity contribution in [2.24, 2.45) is 11.8 Å². The largest absolute Gasteiger partial charge is 0.547 e. The Morgan fingerprint density at radius 1 is 1.42 bits per heavy atom. The van der Waals surface area contributed by atoms with Crippen LogP contribution in [-0.2, 0) is 9.22 Å². The van der Waals surface area contributed by atoms with E-state index in [1.54, 1.807) is 0 Å². The minimum atomic E-state index is -1.73. The van der Waals surface area contributed by atoms with E-state index in [2.05, 4.69) is 46.9 Å². The summed E-state index contributed by atoms with van der Waals surface area (Å²) in [6, 6.07) is 0. The molecule has 0 heterocycles. The average Bonchev–Trinajstić information content (AvgIpc) is 2.26. The Labute approximate surface area is 119 Å². The van der Waals surface area contributed by atoms with E-state index in [0.29, 0.717) is 18.1 Å². The SMILES string of the molecule is CCC(=O)[C@@H]1CCC(O[Si](C)(C)C(C)(C)C)=C[C@@H]1C. The van der Waals surface area contributed by atoms with Crippen LogP contribution in [0.5, 0.6) is 0 Å². The summed E-state index contributed by atoms with van der Waals surface area (Å²) in [6.45, 7) is 15.4. The van der Waals surface area contributed by atoms with Crippen molar-refractivity contribution in [3.05, 3.63) is 11.8 Å². The van der Waals surface area contributed by atoms with E-state index in [1.807, 2.05) is 6.92 Å². The van der Waals surface area contributed by atoms with Gasteiger partial charge in [-0.2, -0.15) is 0 Å². The van der Waals surface area contributed by atoms with Gasteiger partial charge in [0.1, 0.15) is 5.78 Å². The third kappa shape index (κ3) is 3.94. The molecule has 1 rings (SSSR count). The van der Waals surface area contributed by atoms with Crippen molar-refractivity contribution in [2.45, 2.75) is 72.0 Å². The summed E-state index contributed by atoms with van der Waals surface area (Å²) in [7, 11) is -1.73. The highest BCUT2D eigenvalue weighted by molar-refractivity contribution is 6.74. The summed E-state index contributed by atoms with van der Waals surface area (Å²) in [5.74, 6) is 2.05. The van der Waals surface area contributed by atoms with Crippen LogP contribution in [0.4, 0.5) is 0 Å². The highest BCUT2D eigenvalue weighted by atomic mass is 28.4. The number of hydrogen-bond donors (Lipinski definition) is 0. The van der Waals surface area contributed by atoms with E-state index in [4.69, 9.17) is 4.43 Å². The number of carbonyl (C=O) groups is 1. The molecule has 1 aliphatic rings. The number of rotatable bonds is 4. The first-order valence-electron chi connectivity index (χ1n) is 7.51. The second-order valence-electron chi connectivity index (χ2n) is 7.32. The predicted octanol–water partition coefficient (Wildman–Crippen LogP) is 4.92. The third-order valence-electron chi connectivity index (χ3n) is 4.74. The van der Waals surface area contributed by atoms with Crippen LogP contribution in [0.15, 0.2) is 11.8 Å². The molecule has 2 nitrogen and oxygen atoms in total. The van der Waals surface area contributed by atoms with Gasteiger partial charge in [0.2, 0.25) is 8.32 Å². The summed E-state index contributed by atoms with van der Waals surface area (Å²) >= 11 is 0. The zero-order chi connectivity index (χ0) is 14.8. The Hall–Kier alpha value is -0.573. The zero-order valence-electron chi connectivity index (χ0n) is 13.7. The molecule has 0 radical (unpaired) electrons. The first-order valence-corrected chi connectivity index (χ1v) is 10.4. The van der Waals surface area contributed by atoms with Crippen LogP contribution in [0.1, 0.15) is 53.9 Å². The van der Waals surface area contributed by atoms with Gasteiger partial charge < -0.3 is 4.43 Å². The Balaban J connectivity index is 2.76. The summed E-state index contributed by atoms with van der Waals surface area (Å²) in [6.07, 6.45) is 4.73. The van der Waals surface area contributed by atoms with Crippen molar-refractivity contribution < 1.29 is 9.22 Å². The molecule has 2 atom stereocenters. The minimum absolute atomic E-state index is 0.205. The first kappa shape index (κ1) is 16.5. The van der Waals surface area contributed by atoms with Crippen molar-refractivity contribution in [1.29, 1.82) is 0 Å². The molecule has 0 saturated heterocycles. The number of ketones is 1. The van der Waals surface area contributed by atoms with Gasteiger partial charge in [-0.1, -0.05) is 34.6 Å². The quantitative estimate of drug-likeness (QED) is 0.684. The van der Waals surface area contributed by atoms with E-state index in [0.717, 1.165) is 18.6 Å². The number of Topliss-reactive ketones (excluding diaryl/α,β-unsaturated/α-hetero) is 1. The molecule has 1 aliphatic carbocycles. The summed E-state index contributed by atoms with van der Waals surface area (Å²) < 4.78 is 6.36. The fourth-order valence-corrected chi connectivity index (χ4v) is 3.47. The second kappa shape index (κ2) is 5.82. The van der Waals surface area contributed by atoms with Crippen molar-refractivity contribution in [3.8, 4) is 0 Å². The zero-order valence-corrected chi connectivity index (χ0v) is 14.7. The van der Waals surface area contributed by atoms with Crippen LogP contribution in [0.2, 0.25) is 18.1 Å². The van der Waals surface area contributed by atoms with Gasteiger partial charge in [-0.25, -0.2) is 0 Å². The minimum Gasteiger partial charge on any atom is -0.547 e. The van der Waals surface area contributed by atoms with E-state index in [-0.39, 0.29) is 11.0 Å². The fourth-order valence-electron chi connectivity index (χ4n) is 2.34. The number of allylic oxidation sites excluding steroid dienone is 2. The molecule has 0 aromatic carbocycles. The summed E-state index contributed by atoms with van der Waals surface area (Å²) in [5, 5.41) is 0.229. The molecule has 0 aliphatic heterocycles. The fraction of sp³-hybridized carbons (Fsp3) is 0.812. The smallest absolute Gasteiger partial charge is 0.250 e. The average molecular weight is 282 g/mol. The van der Waals surface area contributed by atoms with Crippen LogP contribution in [0.3, 0.4) is 0 Å². The second-order valence-corrected chi connectivity index (χ2v) is 12.0. The van der Waals surface area contributed by atoms with Crippen molar-refractivity contribution >= 4 is 14.1 Å². The normalized spacial score (nSPS) is 24.9. The molecule has 0 spiro atoms. The molecule has 0 bridgehead atoms. The van der Waals surface area contributed by atoms with Gasteiger partial charge in [0.05, 0.1) is 5.76 Å². The van der Waals surface area contributed by atoms with E-state index >= 15 is 0 Å². The van der Waals surface area contributed by atoms with Gasteiger partial charge in [0.15, 0.2) is 0 Å². The van der Waals surface area contributed by atoms with Crippen LogP contribution in [0, 0.1) is 11.8 Å². The number of carbonyl (C=O) groups excluding carboxylic acids is 1. The molecule has 19 heavy (non-hydrogen) atoms. The molecule has 110 valence electrons. The lowest BCUT2D eigenvalue weighted by molar-refractivity contribution is -0.124. The van der Waals surface area contributed by atoms with Crippen molar-refractivity contribution in [1.82, 2.24) is 0 Å². The lowest BCUT2D eigenvalue weighted by Gasteiger charge is -2.39. The first-order chi connectivity index (χ1) is 8.58. The Bertz CT molecular complexity index is 363. The van der Waals surface area contributed by atoms with Gasteiger partial charge in [0, 0.05) is 18.8 Å². The lowest BCUT2D eigenvalue weighted by atomic mass is 9.81. The standard InChI is InChI=1S/C16H30O2Si/c1-8-15(17)14-10-9-13(11-12(14)2)18-19(6,7)16(3,4)5/h11-12,14H,8-10H2,1-7H3/t12-,14+/m0/s1. The molecule has 3 heteroatoms. The topological polar surface area (TPSA) is 26.3 Å². The predicted molar refractivity (Wildman–Crippen MR) is 83.6 cm³/mol. The molecule has 0 saturated carbocycles. The molecular weight excluding hydrogens is 252 g/mol. The molecule has 0 N–H and O–H groups in total. The van der Waals surface area contributed by atoms with Gasteiger partial charge >= 0.3 is 0 Å². The molecule has 0 aromatic rings. The maximum atomic E-state index is 11.9. The van der Waals surface area contributed by atoms with Crippen LogP contribution < -0.4 is 0 Å². The van der Waals surface area contributed by atoms with Crippen LogP contribution in [-0.4, -0.2) is 14.1 Å². The molecule has 0 fully saturated rings. The van der Waals surface area contributed by atoms with E-state index in [9.17, 15) is 4.79 Å². The lowest BCUT2D eigenvalue weighted by Crippen LogP contribution is -2.41. The Kier molecular flexibility index (Phi) is 5.05. The van der Waals surface area contributed by atoms with Gasteiger partial charge in [-0.05, 0) is 36.5 Å². The maximum Gasteiger partial charge on any atom is 0.250 e. The highest BCUT2D eigenvalue weighted by Gasteiger charge is 2.40. The van der Waals surface area contributed by atoms with E-state index < -0.39 is 8.32 Å². The van der Waals surface area contributed by atoms with Gasteiger partial charge in [-0.3, -0.25) is 4.79 Å². The maximum absolute atomic E-state index is 11.9. The highest BCUT2D eigenvalue weighted by Crippen LogP contribution is 2.40. The van der Waals surface area contributed by atoms with Gasteiger partial charge in [-0.15, -0.1) is 0 Å². The van der Waals surface area contributed by atoms with Crippen molar-refractivity contribution in [3.63, 3.8) is 0 Å². The van der Waals surface area contributed by atoms with Crippen LogP contribution in [0.25, 0.3) is 0 Å². The Morgan fingerprint density at radius 2 is 2.00 bits per heavy atom.